The third kappa shape index (κ3) is 7.76. The van der Waals surface area contributed by atoms with Gasteiger partial charge in [0.25, 0.3) is 0 Å². The first kappa shape index (κ1) is 26.1. The Hall–Kier alpha value is -1.96. The standard InChI is InChI=1S/C33H50N2/c1-2-3-4-6-9-25-12-14-26(15-13-25)16-17-27-18-20-29(21-19-27)30-23-32(34)31(33(35)24-30)22-28-10-7-5-8-11-28/h5,7-8,10-11,23-27,29H,2-4,6,9,12-22,34-35H2,1H3. The summed E-state index contributed by atoms with van der Waals surface area (Å²) in [5.74, 6) is 3.61. The van der Waals surface area contributed by atoms with E-state index in [-0.39, 0.29) is 0 Å². The van der Waals surface area contributed by atoms with Crippen molar-refractivity contribution in [2.24, 2.45) is 17.8 Å². The van der Waals surface area contributed by atoms with Gasteiger partial charge in [-0.15, -0.1) is 0 Å². The normalized spacial score (nSPS) is 24.9. The van der Waals surface area contributed by atoms with Crippen LogP contribution in [-0.2, 0) is 6.42 Å². The molecular weight excluding hydrogens is 424 g/mol. The van der Waals surface area contributed by atoms with Crippen molar-refractivity contribution in [3.63, 3.8) is 0 Å². The van der Waals surface area contributed by atoms with Gasteiger partial charge in [-0.25, -0.2) is 0 Å². The van der Waals surface area contributed by atoms with Crippen LogP contribution in [0, 0.1) is 17.8 Å². The van der Waals surface area contributed by atoms with Gasteiger partial charge in [-0.05, 0) is 72.6 Å². The molecule has 2 aromatic rings. The van der Waals surface area contributed by atoms with Gasteiger partial charge in [0.2, 0.25) is 0 Å². The number of benzene rings is 2. The molecule has 2 saturated carbocycles. The van der Waals surface area contributed by atoms with Crippen LogP contribution < -0.4 is 11.5 Å². The molecule has 0 saturated heterocycles. The largest absolute Gasteiger partial charge is 0.398 e. The van der Waals surface area contributed by atoms with Crippen LogP contribution in [0.3, 0.4) is 0 Å². The molecule has 2 heteroatoms. The molecule has 2 aliphatic carbocycles. The van der Waals surface area contributed by atoms with Crippen molar-refractivity contribution in [3.8, 4) is 0 Å². The fourth-order valence-corrected chi connectivity index (χ4v) is 6.91. The SMILES string of the molecule is CCCCCCC1CCC(CCC2CCC(c3cc(N)c(Cc4ccccc4)c(N)c3)CC2)CC1. The van der Waals surface area contributed by atoms with Crippen LogP contribution in [0.15, 0.2) is 42.5 Å². The summed E-state index contributed by atoms with van der Waals surface area (Å²) in [4.78, 5) is 0. The van der Waals surface area contributed by atoms with Crippen molar-refractivity contribution >= 4 is 11.4 Å². The molecule has 0 unspecified atom stereocenters. The Morgan fingerprint density at radius 2 is 1.20 bits per heavy atom. The van der Waals surface area contributed by atoms with E-state index in [1.807, 2.05) is 0 Å². The maximum atomic E-state index is 6.50. The topological polar surface area (TPSA) is 52.0 Å². The van der Waals surface area contributed by atoms with Crippen molar-refractivity contribution < 1.29 is 0 Å². The minimum atomic E-state index is 0.629. The van der Waals surface area contributed by atoms with Crippen molar-refractivity contribution in [1.82, 2.24) is 0 Å². The molecule has 192 valence electrons. The molecule has 2 nitrogen and oxygen atoms in total. The highest BCUT2D eigenvalue weighted by Crippen LogP contribution is 2.41. The Balaban J connectivity index is 1.18. The van der Waals surface area contributed by atoms with E-state index in [1.54, 1.807) is 0 Å². The molecule has 0 radical (unpaired) electrons. The first-order valence-electron chi connectivity index (χ1n) is 14.8. The van der Waals surface area contributed by atoms with Crippen LogP contribution in [0.2, 0.25) is 0 Å². The molecule has 0 bridgehead atoms. The van der Waals surface area contributed by atoms with Crippen molar-refractivity contribution in [2.75, 3.05) is 11.5 Å². The molecule has 2 fully saturated rings. The summed E-state index contributed by atoms with van der Waals surface area (Å²) in [6, 6.07) is 14.9. The van der Waals surface area contributed by atoms with Crippen LogP contribution in [0.25, 0.3) is 0 Å². The zero-order valence-electron chi connectivity index (χ0n) is 22.3. The lowest BCUT2D eigenvalue weighted by Crippen LogP contribution is -2.18. The van der Waals surface area contributed by atoms with Crippen molar-refractivity contribution in [2.45, 2.75) is 116 Å². The zero-order chi connectivity index (χ0) is 24.5. The summed E-state index contributed by atoms with van der Waals surface area (Å²) >= 11 is 0. The molecular formula is C33H50N2. The monoisotopic (exact) mass is 474 g/mol. The van der Waals surface area contributed by atoms with Gasteiger partial charge in [0.15, 0.2) is 0 Å². The summed E-state index contributed by atoms with van der Waals surface area (Å²) in [6.45, 7) is 2.31. The number of nitrogen functional groups attached to an aromatic ring is 2. The third-order valence-corrected chi connectivity index (χ3v) is 9.30. The van der Waals surface area contributed by atoms with E-state index in [1.165, 1.54) is 107 Å². The van der Waals surface area contributed by atoms with Crippen LogP contribution in [0.5, 0.6) is 0 Å². The van der Waals surface area contributed by atoms with E-state index in [0.29, 0.717) is 5.92 Å². The highest BCUT2D eigenvalue weighted by molar-refractivity contribution is 5.65. The van der Waals surface area contributed by atoms with Crippen LogP contribution in [0.4, 0.5) is 11.4 Å². The average Bonchev–Trinajstić information content (AvgIpc) is 2.89. The van der Waals surface area contributed by atoms with Gasteiger partial charge in [0.1, 0.15) is 0 Å². The molecule has 35 heavy (non-hydrogen) atoms. The predicted molar refractivity (Wildman–Crippen MR) is 153 cm³/mol. The number of hydrogen-bond acceptors (Lipinski definition) is 2. The third-order valence-electron chi connectivity index (χ3n) is 9.30. The molecule has 0 heterocycles. The average molecular weight is 475 g/mol. The summed E-state index contributed by atoms with van der Waals surface area (Å²) < 4.78 is 0. The van der Waals surface area contributed by atoms with Gasteiger partial charge >= 0.3 is 0 Å². The van der Waals surface area contributed by atoms with Crippen molar-refractivity contribution in [3.05, 3.63) is 59.2 Å². The number of hydrogen-bond donors (Lipinski definition) is 2. The second kappa shape index (κ2) is 13.4. The summed E-state index contributed by atoms with van der Waals surface area (Å²) in [6.07, 6.45) is 22.3. The maximum Gasteiger partial charge on any atom is 0.0373 e. The summed E-state index contributed by atoms with van der Waals surface area (Å²) in [5, 5.41) is 0. The van der Waals surface area contributed by atoms with Gasteiger partial charge in [0, 0.05) is 23.4 Å². The van der Waals surface area contributed by atoms with E-state index in [0.717, 1.165) is 41.1 Å². The second-order valence-corrected chi connectivity index (χ2v) is 11.9. The second-order valence-electron chi connectivity index (χ2n) is 11.9. The summed E-state index contributed by atoms with van der Waals surface area (Å²) in [5.41, 5.74) is 18.5. The Morgan fingerprint density at radius 3 is 1.77 bits per heavy atom. The molecule has 2 aromatic carbocycles. The van der Waals surface area contributed by atoms with E-state index >= 15 is 0 Å². The number of unbranched alkanes of at least 4 members (excludes halogenated alkanes) is 3. The molecule has 4 rings (SSSR count). The Labute approximate surface area is 215 Å². The highest BCUT2D eigenvalue weighted by atomic mass is 14.6. The Kier molecular flexibility index (Phi) is 9.98. The maximum absolute atomic E-state index is 6.50. The summed E-state index contributed by atoms with van der Waals surface area (Å²) in [7, 11) is 0. The van der Waals surface area contributed by atoms with Gasteiger partial charge in [-0.2, -0.15) is 0 Å². The van der Waals surface area contributed by atoms with E-state index < -0.39 is 0 Å². The molecule has 0 amide bonds. The molecule has 0 spiro atoms. The highest BCUT2D eigenvalue weighted by Gasteiger charge is 2.26. The smallest absolute Gasteiger partial charge is 0.0373 e. The molecule has 0 atom stereocenters. The number of anilines is 2. The van der Waals surface area contributed by atoms with Gasteiger partial charge in [0.05, 0.1) is 0 Å². The molecule has 0 aliphatic heterocycles. The fourth-order valence-electron chi connectivity index (χ4n) is 6.91. The van der Waals surface area contributed by atoms with E-state index in [9.17, 15) is 0 Å². The first-order valence-corrected chi connectivity index (χ1v) is 14.8. The number of nitrogens with two attached hydrogens (primary N) is 2. The lowest BCUT2D eigenvalue weighted by atomic mass is 9.73. The minimum absolute atomic E-state index is 0.629. The quantitative estimate of drug-likeness (QED) is 0.252. The van der Waals surface area contributed by atoms with E-state index in [2.05, 4.69) is 49.4 Å². The Morgan fingerprint density at radius 1 is 0.657 bits per heavy atom. The van der Waals surface area contributed by atoms with E-state index in [4.69, 9.17) is 11.5 Å². The lowest BCUT2D eigenvalue weighted by Gasteiger charge is -2.32. The Bertz CT molecular complexity index is 850. The first-order chi connectivity index (χ1) is 17.1. The zero-order valence-corrected chi connectivity index (χ0v) is 22.3. The van der Waals surface area contributed by atoms with Gasteiger partial charge in [-0.1, -0.05) is 108 Å². The lowest BCUT2D eigenvalue weighted by molar-refractivity contribution is 0.222. The van der Waals surface area contributed by atoms with Crippen LogP contribution >= 0.6 is 0 Å². The molecule has 2 aliphatic rings. The van der Waals surface area contributed by atoms with Crippen LogP contribution in [-0.4, -0.2) is 0 Å². The van der Waals surface area contributed by atoms with Crippen LogP contribution in [0.1, 0.15) is 126 Å². The fraction of sp³-hybridized carbons (Fsp3) is 0.636. The van der Waals surface area contributed by atoms with Crippen molar-refractivity contribution in [1.29, 1.82) is 0 Å². The molecule has 0 aromatic heterocycles. The predicted octanol–water partition coefficient (Wildman–Crippen LogP) is 9.27. The minimum Gasteiger partial charge on any atom is -0.398 e. The number of rotatable bonds is 11. The molecule has 4 N–H and O–H groups in total. The van der Waals surface area contributed by atoms with Gasteiger partial charge < -0.3 is 11.5 Å². The van der Waals surface area contributed by atoms with Gasteiger partial charge in [-0.3, -0.25) is 0 Å².